The Kier molecular flexibility index (Phi) is 3.98. The molecule has 0 bridgehead atoms. The normalized spacial score (nSPS) is 12.2. The number of allylic oxidation sites excluding steroid dienone is 1. The Hall–Kier alpha value is 0.520. The van der Waals surface area contributed by atoms with Crippen molar-refractivity contribution in [1.82, 2.24) is 0 Å². The summed E-state index contributed by atoms with van der Waals surface area (Å²) in [6.45, 7) is 13.1. The molecule has 0 nitrogen and oxygen atoms in total. The van der Waals surface area contributed by atoms with Gasteiger partial charge in [-0.1, -0.05) is 6.58 Å². The van der Waals surface area contributed by atoms with E-state index >= 15 is 0 Å². The second-order valence-electron chi connectivity index (χ2n) is 3.60. The van der Waals surface area contributed by atoms with E-state index in [1.54, 1.807) is 0 Å². The minimum Gasteiger partial charge on any atom is -0.145 e. The molecule has 0 atom stereocenters. The fraction of sp³-hybridized carbons (Fsp3) is 0.750. The highest BCUT2D eigenvalue weighted by atomic mass is 32.1. The Bertz CT molecular complexity index is 127. The highest BCUT2D eigenvalue weighted by molar-refractivity contribution is 7.86. The number of hydrogen-bond acceptors (Lipinski definition) is 1. The Labute approximate surface area is 70.8 Å². The predicted octanol–water partition coefficient (Wildman–Crippen LogP) is 3.12. The lowest BCUT2D eigenvalue weighted by atomic mass is 10.6. The summed E-state index contributed by atoms with van der Waals surface area (Å²) in [5.74, 6) is 0. The summed E-state index contributed by atoms with van der Waals surface area (Å²) in [5, 5.41) is 0. The van der Waals surface area contributed by atoms with Crippen molar-refractivity contribution in [3.05, 3.63) is 11.5 Å². The molecule has 0 aromatic heterocycles. The molecule has 0 saturated carbocycles. The maximum atomic E-state index is 4.22. The van der Waals surface area contributed by atoms with Gasteiger partial charge < -0.3 is 0 Å². The van der Waals surface area contributed by atoms with Crippen LogP contribution in [0.3, 0.4) is 0 Å². The van der Waals surface area contributed by atoms with Crippen LogP contribution >= 0.6 is 19.9 Å². The molecule has 0 aromatic rings. The van der Waals surface area contributed by atoms with E-state index in [9.17, 15) is 0 Å². The lowest BCUT2D eigenvalue weighted by molar-refractivity contribution is 1.07. The average Bonchev–Trinajstić information content (AvgIpc) is 1.60. The van der Waals surface area contributed by atoms with Crippen molar-refractivity contribution < 1.29 is 0 Å². The molecule has 10 heavy (non-hydrogen) atoms. The molecule has 0 N–H and O–H groups in total. The van der Waals surface area contributed by atoms with Crippen LogP contribution in [0.15, 0.2) is 11.5 Å². The van der Waals surface area contributed by atoms with Crippen molar-refractivity contribution >= 4 is 19.9 Å². The third-order valence-electron chi connectivity index (χ3n) is 1.99. The fourth-order valence-corrected chi connectivity index (χ4v) is 3.05. The fourth-order valence-electron chi connectivity index (χ4n) is 0.653. The summed E-state index contributed by atoms with van der Waals surface area (Å²) in [7, 11) is -0.747. The molecule has 0 spiro atoms. The third kappa shape index (κ3) is 3.63. The second-order valence-corrected chi connectivity index (χ2v) is 9.14. The monoisotopic (exact) mass is 177 g/mol. The Balaban J connectivity index is 3.99. The first-order valence-corrected chi connectivity index (χ1v) is 6.94. The Morgan fingerprint density at radius 3 is 2.00 bits per heavy atom. The smallest absolute Gasteiger partial charge is 0.0889 e. The van der Waals surface area contributed by atoms with Crippen LogP contribution in [-0.2, 0) is 0 Å². The SMILES string of the molecule is C=C(S)C[P+](C)(C)C(C)C. The first-order chi connectivity index (χ1) is 4.36. The highest BCUT2D eigenvalue weighted by Gasteiger charge is 2.29. The summed E-state index contributed by atoms with van der Waals surface area (Å²) in [6.07, 6.45) is 1.12. The molecular weight excluding hydrogens is 159 g/mol. The lowest BCUT2D eigenvalue weighted by Crippen LogP contribution is -2.06. The van der Waals surface area contributed by atoms with Crippen molar-refractivity contribution in [3.63, 3.8) is 0 Å². The van der Waals surface area contributed by atoms with Gasteiger partial charge in [0, 0.05) is 25.5 Å². The second kappa shape index (κ2) is 3.78. The highest BCUT2D eigenvalue weighted by Crippen LogP contribution is 2.57. The zero-order chi connectivity index (χ0) is 8.36. The lowest BCUT2D eigenvalue weighted by Gasteiger charge is -2.21. The molecule has 0 rings (SSSR count). The van der Waals surface area contributed by atoms with Crippen LogP contribution in [-0.4, -0.2) is 25.2 Å². The van der Waals surface area contributed by atoms with E-state index in [1.165, 1.54) is 0 Å². The minimum absolute atomic E-state index is 0.747. The molecular formula is C8H18PS+. The molecule has 0 aromatic carbocycles. The maximum Gasteiger partial charge on any atom is 0.0889 e. The molecule has 0 radical (unpaired) electrons. The summed E-state index contributed by atoms with van der Waals surface area (Å²) < 4.78 is 0. The first kappa shape index (κ1) is 10.5. The average molecular weight is 177 g/mol. The zero-order valence-electron chi connectivity index (χ0n) is 7.39. The van der Waals surface area contributed by atoms with Gasteiger partial charge in [0.05, 0.1) is 11.8 Å². The molecule has 0 fully saturated rings. The molecule has 0 aliphatic rings. The van der Waals surface area contributed by atoms with E-state index in [-0.39, 0.29) is 0 Å². The van der Waals surface area contributed by atoms with E-state index in [2.05, 4.69) is 46.4 Å². The Morgan fingerprint density at radius 1 is 1.50 bits per heavy atom. The van der Waals surface area contributed by atoms with Gasteiger partial charge in [0.25, 0.3) is 0 Å². The quantitative estimate of drug-likeness (QED) is 0.497. The van der Waals surface area contributed by atoms with Crippen molar-refractivity contribution in [3.8, 4) is 0 Å². The van der Waals surface area contributed by atoms with Gasteiger partial charge in [0.2, 0.25) is 0 Å². The zero-order valence-corrected chi connectivity index (χ0v) is 9.17. The van der Waals surface area contributed by atoms with Gasteiger partial charge in [0.1, 0.15) is 0 Å². The van der Waals surface area contributed by atoms with Gasteiger partial charge in [-0.15, -0.1) is 12.6 Å². The van der Waals surface area contributed by atoms with Crippen LogP contribution in [0.1, 0.15) is 13.8 Å². The standard InChI is InChI=1S/C8H17PS/c1-7(2)9(4,5)6-8(3)10/h7H,3,6H2,1-2,4-5H3/p+1. The third-order valence-corrected chi connectivity index (χ3v) is 6.39. The number of rotatable bonds is 3. The van der Waals surface area contributed by atoms with Crippen LogP contribution in [0.5, 0.6) is 0 Å². The van der Waals surface area contributed by atoms with Crippen LogP contribution < -0.4 is 0 Å². The molecule has 0 amide bonds. The van der Waals surface area contributed by atoms with Crippen molar-refractivity contribution in [2.24, 2.45) is 0 Å². The van der Waals surface area contributed by atoms with Crippen molar-refractivity contribution in [2.45, 2.75) is 19.5 Å². The summed E-state index contributed by atoms with van der Waals surface area (Å²) in [4.78, 5) is 1.03. The van der Waals surface area contributed by atoms with Gasteiger partial charge in [-0.05, 0) is 13.8 Å². The first-order valence-electron chi connectivity index (χ1n) is 3.55. The molecule has 0 saturated heterocycles. The van der Waals surface area contributed by atoms with Gasteiger partial charge >= 0.3 is 0 Å². The molecule has 0 aliphatic carbocycles. The van der Waals surface area contributed by atoms with Crippen molar-refractivity contribution in [1.29, 1.82) is 0 Å². The summed E-state index contributed by atoms with van der Waals surface area (Å²) in [6, 6.07) is 0. The molecule has 0 unspecified atom stereocenters. The van der Waals surface area contributed by atoms with Crippen LogP contribution in [0.4, 0.5) is 0 Å². The van der Waals surface area contributed by atoms with Gasteiger partial charge in [0.15, 0.2) is 0 Å². The molecule has 0 aliphatic heterocycles. The van der Waals surface area contributed by atoms with E-state index in [4.69, 9.17) is 0 Å². The number of hydrogen-bond donors (Lipinski definition) is 1. The topological polar surface area (TPSA) is 0 Å². The predicted molar refractivity (Wildman–Crippen MR) is 56.9 cm³/mol. The number of thiol groups is 1. The maximum absolute atomic E-state index is 4.22. The molecule has 60 valence electrons. The summed E-state index contributed by atoms with van der Waals surface area (Å²) >= 11 is 4.22. The van der Waals surface area contributed by atoms with E-state index in [1.807, 2.05) is 0 Å². The summed E-state index contributed by atoms with van der Waals surface area (Å²) in [5.41, 5.74) is 0.802. The van der Waals surface area contributed by atoms with Crippen LogP contribution in [0.2, 0.25) is 0 Å². The van der Waals surface area contributed by atoms with E-state index in [0.717, 1.165) is 16.7 Å². The largest absolute Gasteiger partial charge is 0.145 e. The van der Waals surface area contributed by atoms with Gasteiger partial charge in [-0.25, -0.2) is 0 Å². The molecule has 2 heteroatoms. The van der Waals surface area contributed by atoms with Crippen molar-refractivity contribution in [2.75, 3.05) is 19.5 Å². The van der Waals surface area contributed by atoms with Crippen LogP contribution in [0, 0.1) is 0 Å². The van der Waals surface area contributed by atoms with Gasteiger partial charge in [-0.3, -0.25) is 0 Å². The Morgan fingerprint density at radius 2 is 1.90 bits per heavy atom. The van der Waals surface area contributed by atoms with Gasteiger partial charge in [-0.2, -0.15) is 0 Å². The van der Waals surface area contributed by atoms with Crippen LogP contribution in [0.25, 0.3) is 0 Å². The molecule has 0 heterocycles. The van der Waals surface area contributed by atoms with E-state index in [0.29, 0.717) is 0 Å². The van der Waals surface area contributed by atoms with E-state index < -0.39 is 7.26 Å². The minimum atomic E-state index is -0.747.